The normalized spacial score (nSPS) is 19.2. The minimum Gasteiger partial charge on any atom is -0.494 e. The fourth-order valence-corrected chi connectivity index (χ4v) is 6.32. The van der Waals surface area contributed by atoms with Gasteiger partial charge in [-0.15, -0.1) is 5.10 Å². The summed E-state index contributed by atoms with van der Waals surface area (Å²) in [5.41, 5.74) is 0.874. The van der Waals surface area contributed by atoms with E-state index in [9.17, 15) is 46.6 Å². The Morgan fingerprint density at radius 2 is 1.27 bits per heavy atom. The number of carbonyl (C=O) groups is 1. The maximum absolute atomic E-state index is 13.6. The smallest absolute Gasteiger partial charge is 0.325 e. The van der Waals surface area contributed by atoms with Crippen LogP contribution in [0.3, 0.4) is 0 Å². The van der Waals surface area contributed by atoms with E-state index in [0.717, 1.165) is 37.8 Å². The number of esters is 1. The second-order valence-electron chi connectivity index (χ2n) is 13.8. The van der Waals surface area contributed by atoms with Gasteiger partial charge in [-0.3, -0.25) is 9.36 Å². The third-order valence-electron chi connectivity index (χ3n) is 9.05. The topological polar surface area (TPSA) is 240 Å². The molecule has 1 aliphatic rings. The van der Waals surface area contributed by atoms with Gasteiger partial charge >= 0.3 is 13.6 Å². The lowest BCUT2D eigenvalue weighted by Crippen LogP contribution is -2.59. The summed E-state index contributed by atoms with van der Waals surface area (Å²) in [4.78, 5) is 30.0. The molecule has 5 atom stereocenters. The number of hydrogen-bond acceptors (Lipinski definition) is 15. The molecule has 0 spiro atoms. The van der Waals surface area contributed by atoms with Gasteiger partial charge in [-0.1, -0.05) is 18.1 Å². The molecule has 2 aromatic carbocycles. The molecule has 1 saturated heterocycles. The van der Waals surface area contributed by atoms with Crippen molar-refractivity contribution in [1.29, 1.82) is 0 Å². The van der Waals surface area contributed by atoms with Crippen LogP contribution in [0.1, 0.15) is 44.2 Å². The maximum atomic E-state index is 13.6. The molecule has 0 aliphatic carbocycles. The molecule has 0 amide bonds. The number of halogens is 5. The summed E-state index contributed by atoms with van der Waals surface area (Å²) in [6.07, 6.45) is -2.30. The van der Waals surface area contributed by atoms with Crippen LogP contribution in [0.25, 0.3) is 0 Å². The van der Waals surface area contributed by atoms with Crippen LogP contribution in [0.4, 0.5) is 22.0 Å². The number of aromatic nitrogens is 3. The standard InChI is InChI=1S/C38H51F5N3O15P/c39-29-30(40)32(42)37(33(43)31(29)41)61-28(47)10-14-54-16-18-56-20-21-57-19-17-55-15-12-46-23-24(44-45-46)5-3-1-2-4-13-58-25-6-8-26(9-7-25)59-38-36(50)35(49)34(48)27(60-38)11-22-62(51,52)53/h6-9,23,27,34-36,38,48-50H,1-5,10-22H2,(H2,51,52,53)/t27-,34-,35+,36+,38+/m1/s1. The van der Waals surface area contributed by atoms with Crippen LogP contribution in [-0.2, 0) is 46.0 Å². The van der Waals surface area contributed by atoms with Gasteiger partial charge in [0, 0.05) is 6.20 Å². The lowest BCUT2D eigenvalue weighted by Gasteiger charge is -2.40. The quantitative estimate of drug-likeness (QED) is 0.0128. The number of unbranched alkanes of at least 4 members (excludes halogenated alkanes) is 3. The zero-order chi connectivity index (χ0) is 45.1. The molecule has 18 nitrogen and oxygen atoms in total. The number of aliphatic hydroxyl groups is 3. The second-order valence-corrected chi connectivity index (χ2v) is 15.6. The van der Waals surface area contributed by atoms with Crippen molar-refractivity contribution in [3.63, 3.8) is 0 Å². The molecular formula is C38H51F5N3O15P. The number of aryl methyl sites for hydroxylation is 1. The van der Waals surface area contributed by atoms with Crippen LogP contribution in [0, 0.1) is 29.1 Å². The average Bonchev–Trinajstić information content (AvgIpc) is 3.70. The fraction of sp³-hybridized carbons (Fsp3) is 0.605. The molecule has 2 heterocycles. The van der Waals surface area contributed by atoms with Crippen molar-refractivity contribution in [1.82, 2.24) is 15.0 Å². The number of rotatable bonds is 29. The molecule has 5 N–H and O–H groups in total. The molecule has 1 aliphatic heterocycles. The van der Waals surface area contributed by atoms with E-state index in [2.05, 4.69) is 15.0 Å². The third kappa shape index (κ3) is 17.0. The number of nitrogens with zero attached hydrogens (tertiary/aromatic N) is 3. The van der Waals surface area contributed by atoms with E-state index >= 15 is 0 Å². The molecule has 0 bridgehead atoms. The van der Waals surface area contributed by atoms with Crippen LogP contribution in [0.15, 0.2) is 30.5 Å². The van der Waals surface area contributed by atoms with Crippen molar-refractivity contribution in [2.75, 3.05) is 65.6 Å². The van der Waals surface area contributed by atoms with Gasteiger partial charge in [-0.25, -0.2) is 17.9 Å². The molecule has 24 heteroatoms. The van der Waals surface area contributed by atoms with Gasteiger partial charge < -0.3 is 63.0 Å². The van der Waals surface area contributed by atoms with E-state index in [0.29, 0.717) is 38.7 Å². The highest BCUT2D eigenvalue weighted by molar-refractivity contribution is 7.51. The van der Waals surface area contributed by atoms with E-state index in [1.165, 1.54) is 0 Å². The fourth-order valence-electron chi connectivity index (χ4n) is 5.73. The molecule has 1 aromatic heterocycles. The van der Waals surface area contributed by atoms with Crippen molar-refractivity contribution in [3.05, 3.63) is 65.2 Å². The van der Waals surface area contributed by atoms with Crippen LogP contribution < -0.4 is 14.2 Å². The molecule has 0 saturated carbocycles. The minimum atomic E-state index is -4.36. The molecule has 0 unspecified atom stereocenters. The van der Waals surface area contributed by atoms with Crippen molar-refractivity contribution in [2.45, 2.75) is 82.2 Å². The predicted molar refractivity (Wildman–Crippen MR) is 203 cm³/mol. The van der Waals surface area contributed by atoms with Crippen LogP contribution in [0.5, 0.6) is 17.2 Å². The monoisotopic (exact) mass is 915 g/mol. The van der Waals surface area contributed by atoms with Crippen molar-refractivity contribution < 1.29 is 94.3 Å². The molecule has 4 rings (SSSR count). The minimum absolute atomic E-state index is 0.0592. The Bertz CT molecular complexity index is 1830. The second kappa shape index (κ2) is 26.0. The highest BCUT2D eigenvalue weighted by atomic mass is 31.2. The van der Waals surface area contributed by atoms with E-state index < -0.39 is 91.7 Å². The van der Waals surface area contributed by atoms with Gasteiger partial charge in [-0.05, 0) is 49.9 Å². The van der Waals surface area contributed by atoms with Crippen molar-refractivity contribution >= 4 is 13.6 Å². The van der Waals surface area contributed by atoms with Gasteiger partial charge in [0.05, 0.1) is 90.4 Å². The largest absolute Gasteiger partial charge is 0.494 e. The van der Waals surface area contributed by atoms with Gasteiger partial charge in [0.2, 0.25) is 41.1 Å². The first kappa shape index (κ1) is 50.8. The zero-order valence-electron chi connectivity index (χ0n) is 33.5. The van der Waals surface area contributed by atoms with Gasteiger partial charge in [-0.2, -0.15) is 8.78 Å². The lowest BCUT2D eigenvalue weighted by molar-refractivity contribution is -0.272. The zero-order valence-corrected chi connectivity index (χ0v) is 34.4. The number of benzene rings is 2. The number of carbonyl (C=O) groups excluding carboxylic acids is 1. The van der Waals surface area contributed by atoms with Gasteiger partial charge in [0.25, 0.3) is 0 Å². The summed E-state index contributed by atoms with van der Waals surface area (Å²) in [6.45, 7) is 2.58. The summed E-state index contributed by atoms with van der Waals surface area (Å²) in [5, 5.41) is 39.0. The Balaban J connectivity index is 0.936. The Labute approximate surface area is 352 Å². The number of hydrogen-bond donors (Lipinski definition) is 5. The molecular weight excluding hydrogens is 864 g/mol. The van der Waals surface area contributed by atoms with E-state index in [4.69, 9.17) is 42.9 Å². The Morgan fingerprint density at radius 1 is 0.710 bits per heavy atom. The maximum Gasteiger partial charge on any atom is 0.325 e. The van der Waals surface area contributed by atoms with Crippen LogP contribution >= 0.6 is 7.60 Å². The van der Waals surface area contributed by atoms with Crippen molar-refractivity contribution in [2.24, 2.45) is 0 Å². The van der Waals surface area contributed by atoms with Crippen LogP contribution in [0.2, 0.25) is 0 Å². The summed E-state index contributed by atoms with van der Waals surface area (Å²) in [6, 6.07) is 6.50. The Morgan fingerprint density at radius 3 is 1.90 bits per heavy atom. The molecule has 348 valence electrons. The Kier molecular flexibility index (Phi) is 21.3. The van der Waals surface area contributed by atoms with E-state index in [-0.39, 0.29) is 45.2 Å². The highest BCUT2D eigenvalue weighted by Crippen LogP contribution is 2.37. The van der Waals surface area contributed by atoms with Crippen molar-refractivity contribution in [3.8, 4) is 17.2 Å². The lowest BCUT2D eigenvalue weighted by atomic mass is 9.97. The summed E-state index contributed by atoms with van der Waals surface area (Å²) < 4.78 is 122. The Hall–Kier alpha value is -3.87. The number of aliphatic hydroxyl groups excluding tert-OH is 3. The average molecular weight is 916 g/mol. The first-order valence-electron chi connectivity index (χ1n) is 19.7. The van der Waals surface area contributed by atoms with Gasteiger partial charge in [0.15, 0.2) is 0 Å². The van der Waals surface area contributed by atoms with Crippen LogP contribution in [-0.4, -0.2) is 142 Å². The first-order valence-corrected chi connectivity index (χ1v) is 21.5. The summed E-state index contributed by atoms with van der Waals surface area (Å²) >= 11 is 0. The summed E-state index contributed by atoms with van der Waals surface area (Å²) in [7, 11) is -4.36. The predicted octanol–water partition coefficient (Wildman–Crippen LogP) is 2.97. The molecule has 0 radical (unpaired) electrons. The third-order valence-corrected chi connectivity index (χ3v) is 9.89. The van der Waals surface area contributed by atoms with E-state index in [1.807, 2.05) is 6.20 Å². The number of ether oxygens (including phenoxy) is 8. The first-order chi connectivity index (χ1) is 29.6. The highest BCUT2D eigenvalue weighted by Gasteiger charge is 2.45. The SMILES string of the molecule is O=C(CCOCCOCCOCCOCCn1cc(CCCCCCOc2ccc(O[C@H]3O[C@H](CCP(=O)(O)O)[C@@H](O)[C@H](O)[C@@H]3O)cc2)nn1)Oc1c(F)c(F)c(F)c(F)c1F. The molecule has 1 fully saturated rings. The summed E-state index contributed by atoms with van der Waals surface area (Å²) in [5.74, 6) is -13.3. The molecule has 3 aromatic rings. The molecule has 62 heavy (non-hydrogen) atoms. The van der Waals surface area contributed by atoms with E-state index in [1.54, 1.807) is 28.9 Å². The van der Waals surface area contributed by atoms with Gasteiger partial charge in [0.1, 0.15) is 29.8 Å².